The summed E-state index contributed by atoms with van der Waals surface area (Å²) in [4.78, 5) is 25.5. The van der Waals surface area contributed by atoms with Gasteiger partial charge in [0.25, 0.3) is 0 Å². The van der Waals surface area contributed by atoms with Crippen LogP contribution in [0.2, 0.25) is 0 Å². The highest BCUT2D eigenvalue weighted by molar-refractivity contribution is 7.99. The van der Waals surface area contributed by atoms with E-state index < -0.39 is 12.0 Å². The average Bonchev–Trinajstić information content (AvgIpc) is 2.37. The maximum Gasteiger partial charge on any atom is 0.327 e. The normalized spacial score (nSPS) is 27.1. The Morgan fingerprint density at radius 3 is 2.55 bits per heavy atom. The second kappa shape index (κ2) is 6.24. The Kier molecular flexibility index (Phi) is 4.83. The second-order valence-corrected chi connectivity index (χ2v) is 7.59. The van der Waals surface area contributed by atoms with Gasteiger partial charge >= 0.3 is 12.0 Å². The van der Waals surface area contributed by atoms with Crippen molar-refractivity contribution in [3.8, 4) is 0 Å². The minimum atomic E-state index is -0.899. The largest absolute Gasteiger partial charge is 0.480 e. The second-order valence-electron chi connectivity index (χ2n) is 6.36. The number of carbonyl (C=O) groups excluding carboxylic acids is 1. The van der Waals surface area contributed by atoms with E-state index in [0.717, 1.165) is 37.2 Å². The van der Waals surface area contributed by atoms with Gasteiger partial charge in [0.15, 0.2) is 0 Å². The fraction of sp³-hybridized carbons (Fsp3) is 0.857. The molecule has 2 fully saturated rings. The summed E-state index contributed by atoms with van der Waals surface area (Å²) in [7, 11) is 0. The van der Waals surface area contributed by atoms with E-state index in [4.69, 9.17) is 0 Å². The number of urea groups is 1. The van der Waals surface area contributed by atoms with Gasteiger partial charge in [-0.15, -0.1) is 0 Å². The molecule has 20 heavy (non-hydrogen) atoms. The Balaban J connectivity index is 2.04. The summed E-state index contributed by atoms with van der Waals surface area (Å²) in [6, 6.07) is -0.737. The third-order valence-electron chi connectivity index (χ3n) is 4.32. The van der Waals surface area contributed by atoms with Gasteiger partial charge in [-0.2, -0.15) is 11.8 Å². The number of carbonyl (C=O) groups is 2. The van der Waals surface area contributed by atoms with Crippen molar-refractivity contribution in [3.05, 3.63) is 0 Å². The first-order chi connectivity index (χ1) is 9.42. The summed E-state index contributed by atoms with van der Waals surface area (Å²) in [6.45, 7) is 4.40. The first-order valence-corrected chi connectivity index (χ1v) is 8.45. The summed E-state index contributed by atoms with van der Waals surface area (Å²) >= 11 is 1.91. The summed E-state index contributed by atoms with van der Waals surface area (Å²) < 4.78 is 0. The molecule has 0 aromatic rings. The molecule has 2 rings (SSSR count). The number of carboxylic acid groups (broad SMARTS) is 1. The first kappa shape index (κ1) is 15.5. The lowest BCUT2D eigenvalue weighted by atomic mass is 9.76. The topological polar surface area (TPSA) is 69.6 Å². The van der Waals surface area contributed by atoms with Crippen molar-refractivity contribution >= 4 is 23.8 Å². The van der Waals surface area contributed by atoms with Gasteiger partial charge in [0, 0.05) is 12.6 Å². The fourth-order valence-corrected chi connectivity index (χ4v) is 4.29. The third-order valence-corrected chi connectivity index (χ3v) is 5.36. The van der Waals surface area contributed by atoms with Gasteiger partial charge in [0.1, 0.15) is 6.04 Å². The van der Waals surface area contributed by atoms with Gasteiger partial charge in [0.05, 0.1) is 0 Å². The number of piperidine rings is 1. The van der Waals surface area contributed by atoms with Crippen molar-refractivity contribution in [3.63, 3.8) is 0 Å². The molecule has 0 saturated carbocycles. The van der Waals surface area contributed by atoms with E-state index >= 15 is 0 Å². The number of amides is 2. The molecule has 2 heterocycles. The summed E-state index contributed by atoms with van der Waals surface area (Å²) in [5.74, 6) is 1.24. The lowest BCUT2D eigenvalue weighted by Gasteiger charge is -2.44. The average molecular weight is 300 g/mol. The molecule has 2 amide bonds. The molecule has 114 valence electrons. The van der Waals surface area contributed by atoms with Gasteiger partial charge in [-0.1, -0.05) is 13.8 Å². The van der Waals surface area contributed by atoms with Gasteiger partial charge in [-0.3, -0.25) is 0 Å². The quantitative estimate of drug-likeness (QED) is 0.820. The predicted octanol–water partition coefficient (Wildman–Crippen LogP) is 2.17. The zero-order valence-corrected chi connectivity index (χ0v) is 13.0. The first-order valence-electron chi connectivity index (χ1n) is 7.29. The molecular weight excluding hydrogens is 276 g/mol. The van der Waals surface area contributed by atoms with Gasteiger partial charge < -0.3 is 15.3 Å². The molecule has 6 heteroatoms. The number of nitrogens with zero attached hydrogens (tertiary/aromatic N) is 1. The van der Waals surface area contributed by atoms with Gasteiger partial charge in [0.2, 0.25) is 0 Å². The number of rotatable bonds is 2. The highest BCUT2D eigenvalue weighted by Crippen LogP contribution is 2.35. The molecule has 1 atom stereocenters. The lowest BCUT2D eigenvalue weighted by molar-refractivity contribution is -0.148. The molecule has 5 nitrogen and oxygen atoms in total. The van der Waals surface area contributed by atoms with Crippen molar-refractivity contribution in [2.24, 2.45) is 5.41 Å². The van der Waals surface area contributed by atoms with Crippen LogP contribution in [-0.4, -0.2) is 52.1 Å². The molecule has 0 aromatic heterocycles. The Morgan fingerprint density at radius 1 is 1.30 bits per heavy atom. The smallest absolute Gasteiger partial charge is 0.327 e. The Bertz CT molecular complexity index is 381. The number of thioether (sulfide) groups is 1. The highest BCUT2D eigenvalue weighted by Gasteiger charge is 2.44. The van der Waals surface area contributed by atoms with Crippen molar-refractivity contribution in [2.75, 3.05) is 18.1 Å². The van der Waals surface area contributed by atoms with E-state index in [-0.39, 0.29) is 17.5 Å². The van der Waals surface area contributed by atoms with Crippen LogP contribution < -0.4 is 5.32 Å². The third kappa shape index (κ3) is 3.40. The van der Waals surface area contributed by atoms with Crippen LogP contribution in [0.4, 0.5) is 4.79 Å². The maximum atomic E-state index is 12.4. The van der Waals surface area contributed by atoms with Crippen molar-refractivity contribution in [2.45, 2.75) is 51.6 Å². The molecule has 0 aliphatic carbocycles. The lowest BCUT2D eigenvalue weighted by Crippen LogP contribution is -2.59. The molecule has 2 saturated heterocycles. The molecule has 2 N–H and O–H groups in total. The predicted molar refractivity (Wildman–Crippen MR) is 80.0 cm³/mol. The number of hydrogen-bond acceptors (Lipinski definition) is 3. The van der Waals surface area contributed by atoms with Gasteiger partial charge in [-0.25, -0.2) is 9.59 Å². The standard InChI is InChI=1S/C14H24N2O3S/c1-14(2)6-3-7-16(11(14)12(17)18)13(19)15-10-4-8-20-9-5-10/h10-11H,3-9H2,1-2H3,(H,15,19)(H,17,18). The molecule has 0 spiro atoms. The molecule has 2 aliphatic heterocycles. The van der Waals surface area contributed by atoms with E-state index in [1.54, 1.807) is 0 Å². The highest BCUT2D eigenvalue weighted by atomic mass is 32.2. The van der Waals surface area contributed by atoms with Crippen molar-refractivity contribution < 1.29 is 14.7 Å². The molecule has 0 aromatic carbocycles. The van der Waals surface area contributed by atoms with Gasteiger partial charge in [-0.05, 0) is 42.6 Å². The van der Waals surface area contributed by atoms with E-state index in [0.29, 0.717) is 6.54 Å². The Hall–Kier alpha value is -0.910. The minimum Gasteiger partial charge on any atom is -0.480 e. The number of carboxylic acids is 1. The molecule has 0 radical (unpaired) electrons. The monoisotopic (exact) mass is 300 g/mol. The SMILES string of the molecule is CC1(C)CCCN(C(=O)NC2CCSCC2)C1C(=O)O. The molecule has 0 bridgehead atoms. The van der Waals surface area contributed by atoms with Crippen LogP contribution in [0.5, 0.6) is 0 Å². The minimum absolute atomic E-state index is 0.197. The van der Waals surface area contributed by atoms with E-state index in [9.17, 15) is 14.7 Å². The summed E-state index contributed by atoms with van der Waals surface area (Å²) in [5.41, 5.74) is -0.371. The zero-order valence-electron chi connectivity index (χ0n) is 12.2. The van der Waals surface area contributed by atoms with Crippen LogP contribution in [0.3, 0.4) is 0 Å². The van der Waals surface area contributed by atoms with Crippen LogP contribution in [0.15, 0.2) is 0 Å². The zero-order chi connectivity index (χ0) is 14.8. The van der Waals surface area contributed by atoms with Crippen LogP contribution in [0.25, 0.3) is 0 Å². The summed E-state index contributed by atoms with van der Waals surface area (Å²) in [5, 5.41) is 12.5. The number of likely N-dealkylation sites (tertiary alicyclic amines) is 1. The van der Waals surface area contributed by atoms with E-state index in [1.807, 2.05) is 25.6 Å². The van der Waals surface area contributed by atoms with Crippen molar-refractivity contribution in [1.82, 2.24) is 10.2 Å². The number of nitrogens with one attached hydrogen (secondary N) is 1. The number of aliphatic carboxylic acids is 1. The maximum absolute atomic E-state index is 12.4. The number of hydrogen-bond donors (Lipinski definition) is 2. The summed E-state index contributed by atoms with van der Waals surface area (Å²) in [6.07, 6.45) is 3.66. The molecule has 2 aliphatic rings. The Morgan fingerprint density at radius 2 is 1.95 bits per heavy atom. The van der Waals surface area contributed by atoms with Crippen LogP contribution >= 0.6 is 11.8 Å². The molecule has 1 unspecified atom stereocenters. The van der Waals surface area contributed by atoms with Crippen LogP contribution in [0, 0.1) is 5.41 Å². The van der Waals surface area contributed by atoms with E-state index in [2.05, 4.69) is 5.32 Å². The van der Waals surface area contributed by atoms with Crippen LogP contribution in [-0.2, 0) is 4.79 Å². The van der Waals surface area contributed by atoms with E-state index in [1.165, 1.54) is 4.90 Å². The fourth-order valence-electron chi connectivity index (χ4n) is 3.18. The van der Waals surface area contributed by atoms with Crippen molar-refractivity contribution in [1.29, 1.82) is 0 Å². The molecular formula is C14H24N2O3S. The Labute approximate surface area is 124 Å². The van der Waals surface area contributed by atoms with Crippen LogP contribution in [0.1, 0.15) is 39.5 Å².